The number of esters is 1. The lowest BCUT2D eigenvalue weighted by Crippen LogP contribution is -2.44. The topological polar surface area (TPSA) is 38.3 Å². The quantitative estimate of drug-likeness (QED) is 0.683. The standard InChI is InChI=1S/C18H15BF3NO2/c1-12(24)25-11-16-10-13-4-2-3-5-17(13)23-19(16)15-8-6-14(7-9-15)18(20,21)22/h2-10,23H,11H2,1H3. The molecular weight excluding hydrogens is 330 g/mol. The maximum Gasteiger partial charge on any atom is 0.416 e. The number of ether oxygens (including phenoxy) is 1. The van der Waals surface area contributed by atoms with Crippen molar-refractivity contribution in [3.8, 4) is 0 Å². The van der Waals surface area contributed by atoms with Crippen molar-refractivity contribution in [1.29, 1.82) is 0 Å². The molecule has 128 valence electrons. The summed E-state index contributed by atoms with van der Waals surface area (Å²) in [7, 11) is 0. The van der Waals surface area contributed by atoms with Gasteiger partial charge in [-0.25, -0.2) is 0 Å². The van der Waals surface area contributed by atoms with Gasteiger partial charge >= 0.3 is 19.0 Å². The van der Waals surface area contributed by atoms with Crippen LogP contribution in [0.4, 0.5) is 18.9 Å². The van der Waals surface area contributed by atoms with Gasteiger partial charge in [0.05, 0.1) is 5.56 Å². The van der Waals surface area contributed by atoms with E-state index in [1.54, 1.807) is 0 Å². The molecule has 0 amide bonds. The van der Waals surface area contributed by atoms with Gasteiger partial charge in [0.2, 0.25) is 0 Å². The summed E-state index contributed by atoms with van der Waals surface area (Å²) in [5.41, 5.74) is 2.55. The summed E-state index contributed by atoms with van der Waals surface area (Å²) < 4.78 is 43.4. The molecule has 3 nitrogen and oxygen atoms in total. The van der Waals surface area contributed by atoms with E-state index in [2.05, 4.69) is 5.23 Å². The molecule has 1 heterocycles. The van der Waals surface area contributed by atoms with Crippen molar-refractivity contribution in [1.82, 2.24) is 0 Å². The SMILES string of the molecule is CC(=O)OCC1=Cc2ccccc2NB1c1ccc(C(F)(F)F)cc1. The molecule has 25 heavy (non-hydrogen) atoms. The zero-order valence-corrected chi connectivity index (χ0v) is 13.4. The molecule has 0 fully saturated rings. The number of hydrogen-bond donors (Lipinski definition) is 1. The summed E-state index contributed by atoms with van der Waals surface area (Å²) in [5.74, 6) is -0.411. The molecule has 0 radical (unpaired) electrons. The number of benzene rings is 2. The Kier molecular flexibility index (Phi) is 4.57. The number of nitrogens with one attached hydrogen (secondary N) is 1. The molecule has 0 saturated heterocycles. The third kappa shape index (κ3) is 3.87. The highest BCUT2D eigenvalue weighted by Crippen LogP contribution is 2.29. The fourth-order valence-electron chi connectivity index (χ4n) is 2.76. The van der Waals surface area contributed by atoms with Crippen molar-refractivity contribution in [2.45, 2.75) is 13.1 Å². The molecule has 0 bridgehead atoms. The van der Waals surface area contributed by atoms with Crippen LogP contribution in [0.15, 0.2) is 54.0 Å². The summed E-state index contributed by atoms with van der Waals surface area (Å²) in [5, 5.41) is 3.30. The van der Waals surface area contributed by atoms with E-state index in [0.717, 1.165) is 28.9 Å². The highest BCUT2D eigenvalue weighted by Gasteiger charge is 2.32. The number of fused-ring (bicyclic) bond motifs is 1. The average Bonchev–Trinajstić information content (AvgIpc) is 2.58. The Morgan fingerprint density at radius 1 is 1.12 bits per heavy atom. The Bertz CT molecular complexity index is 816. The van der Waals surface area contributed by atoms with Crippen LogP contribution >= 0.6 is 0 Å². The number of carbonyl (C=O) groups is 1. The predicted molar refractivity (Wildman–Crippen MR) is 91.5 cm³/mol. The first kappa shape index (κ1) is 17.1. The van der Waals surface area contributed by atoms with E-state index in [1.165, 1.54) is 19.1 Å². The van der Waals surface area contributed by atoms with Gasteiger partial charge in [-0.15, -0.1) is 0 Å². The number of hydrogen-bond acceptors (Lipinski definition) is 3. The molecular formula is C18H15BF3NO2. The maximum atomic E-state index is 12.8. The average molecular weight is 345 g/mol. The first-order valence-corrected chi connectivity index (χ1v) is 7.71. The predicted octanol–water partition coefficient (Wildman–Crippen LogP) is 3.52. The van der Waals surface area contributed by atoms with E-state index < -0.39 is 17.7 Å². The van der Waals surface area contributed by atoms with Crippen LogP contribution in [-0.2, 0) is 15.7 Å². The fourth-order valence-corrected chi connectivity index (χ4v) is 2.76. The molecule has 0 atom stereocenters. The van der Waals surface area contributed by atoms with Gasteiger partial charge < -0.3 is 9.96 Å². The molecule has 2 aromatic carbocycles. The molecule has 3 rings (SSSR count). The third-order valence-electron chi connectivity index (χ3n) is 3.99. The number of rotatable bonds is 3. The number of anilines is 1. The summed E-state index contributed by atoms with van der Waals surface area (Å²) in [6.45, 7) is 1.02. The van der Waals surface area contributed by atoms with Crippen LogP contribution in [0.1, 0.15) is 18.1 Å². The van der Waals surface area contributed by atoms with Crippen LogP contribution in [-0.4, -0.2) is 19.4 Å². The van der Waals surface area contributed by atoms with Crippen LogP contribution in [0.3, 0.4) is 0 Å². The van der Waals surface area contributed by atoms with Crippen LogP contribution in [0.25, 0.3) is 6.08 Å². The minimum atomic E-state index is -4.37. The Hall–Kier alpha value is -2.70. The first-order chi connectivity index (χ1) is 11.8. The molecule has 1 aliphatic heterocycles. The molecule has 0 unspecified atom stereocenters. The molecule has 7 heteroatoms. The van der Waals surface area contributed by atoms with Crippen molar-refractivity contribution in [3.63, 3.8) is 0 Å². The monoisotopic (exact) mass is 345 g/mol. The number of halogens is 3. The van der Waals surface area contributed by atoms with Gasteiger partial charge in [-0.3, -0.25) is 4.79 Å². The van der Waals surface area contributed by atoms with Gasteiger partial charge in [-0.2, -0.15) is 13.2 Å². The van der Waals surface area contributed by atoms with E-state index >= 15 is 0 Å². The van der Waals surface area contributed by atoms with Gasteiger partial charge in [0.15, 0.2) is 0 Å². The van der Waals surface area contributed by atoms with E-state index in [4.69, 9.17) is 4.74 Å². The van der Waals surface area contributed by atoms with Gasteiger partial charge in [0, 0.05) is 12.6 Å². The Labute approximate surface area is 143 Å². The van der Waals surface area contributed by atoms with Crippen LogP contribution < -0.4 is 10.7 Å². The zero-order chi connectivity index (χ0) is 18.0. The normalized spacial score (nSPS) is 13.6. The van der Waals surface area contributed by atoms with Crippen LogP contribution in [0.2, 0.25) is 0 Å². The minimum absolute atomic E-state index is 0.0718. The largest absolute Gasteiger partial charge is 0.462 e. The van der Waals surface area contributed by atoms with Crippen LogP contribution in [0, 0.1) is 0 Å². The second-order valence-corrected chi connectivity index (χ2v) is 5.78. The smallest absolute Gasteiger partial charge is 0.416 e. The van der Waals surface area contributed by atoms with Crippen molar-refractivity contribution in [2.75, 3.05) is 11.8 Å². The molecule has 2 aromatic rings. The molecule has 1 N–H and O–H groups in total. The van der Waals surface area contributed by atoms with Crippen molar-refractivity contribution in [3.05, 3.63) is 65.1 Å². The number of alkyl halides is 3. The van der Waals surface area contributed by atoms with Gasteiger partial charge in [0.25, 0.3) is 0 Å². The Morgan fingerprint density at radius 2 is 1.80 bits per heavy atom. The summed E-state index contributed by atoms with van der Waals surface area (Å²) in [6, 6.07) is 12.6. The van der Waals surface area contributed by atoms with Gasteiger partial charge in [-0.05, 0) is 17.1 Å². The lowest BCUT2D eigenvalue weighted by atomic mass is 9.48. The molecule has 0 aliphatic carbocycles. The Morgan fingerprint density at radius 3 is 2.44 bits per heavy atom. The molecule has 0 aromatic heterocycles. The fraction of sp³-hybridized carbons (Fsp3) is 0.167. The van der Waals surface area contributed by atoms with E-state index in [1.807, 2.05) is 30.3 Å². The molecule has 1 aliphatic rings. The second-order valence-electron chi connectivity index (χ2n) is 5.78. The maximum absolute atomic E-state index is 12.8. The number of para-hydroxylation sites is 1. The summed E-state index contributed by atoms with van der Waals surface area (Å²) in [4.78, 5) is 11.1. The summed E-state index contributed by atoms with van der Waals surface area (Å²) >= 11 is 0. The van der Waals surface area contributed by atoms with E-state index in [0.29, 0.717) is 5.46 Å². The molecule has 0 spiro atoms. The van der Waals surface area contributed by atoms with Gasteiger partial charge in [0.1, 0.15) is 6.61 Å². The van der Waals surface area contributed by atoms with Crippen LogP contribution in [0.5, 0.6) is 0 Å². The van der Waals surface area contributed by atoms with Crippen molar-refractivity contribution in [2.24, 2.45) is 0 Å². The highest BCUT2D eigenvalue weighted by molar-refractivity contribution is 6.83. The number of carbonyl (C=O) groups excluding carboxylic acids is 1. The van der Waals surface area contributed by atoms with Gasteiger partial charge in [-0.1, -0.05) is 54.0 Å². The molecule has 0 saturated carbocycles. The lowest BCUT2D eigenvalue weighted by Gasteiger charge is -2.26. The zero-order valence-electron chi connectivity index (χ0n) is 13.4. The highest BCUT2D eigenvalue weighted by atomic mass is 19.4. The summed E-state index contributed by atoms with van der Waals surface area (Å²) in [6.07, 6.45) is -2.47. The third-order valence-corrected chi connectivity index (χ3v) is 3.99. The van der Waals surface area contributed by atoms with E-state index in [9.17, 15) is 18.0 Å². The second kappa shape index (κ2) is 6.66. The lowest BCUT2D eigenvalue weighted by molar-refractivity contribution is -0.140. The van der Waals surface area contributed by atoms with Crippen molar-refractivity contribution < 1.29 is 22.7 Å². The van der Waals surface area contributed by atoms with Crippen molar-refractivity contribution >= 4 is 30.0 Å². The van der Waals surface area contributed by atoms with E-state index in [-0.39, 0.29) is 13.5 Å². The Balaban J connectivity index is 1.94. The minimum Gasteiger partial charge on any atom is -0.462 e. The first-order valence-electron chi connectivity index (χ1n) is 7.71.